The molecule has 0 saturated heterocycles. The summed E-state index contributed by atoms with van der Waals surface area (Å²) in [5, 5.41) is 0. The minimum atomic E-state index is -0.255. The van der Waals surface area contributed by atoms with Gasteiger partial charge in [-0.2, -0.15) is 0 Å². The number of benzene rings is 2. The van der Waals surface area contributed by atoms with Crippen LogP contribution in [-0.2, 0) is 11.2 Å². The van der Waals surface area contributed by atoms with E-state index in [4.69, 9.17) is 5.73 Å². The van der Waals surface area contributed by atoms with Crippen LogP contribution < -0.4 is 10.6 Å². The number of rotatable bonds is 7. The van der Waals surface area contributed by atoms with Gasteiger partial charge in [-0.15, -0.1) is 0 Å². The molecule has 3 nitrogen and oxygen atoms in total. The lowest BCUT2D eigenvalue weighted by Crippen LogP contribution is -2.36. The van der Waals surface area contributed by atoms with Crippen LogP contribution in [0.1, 0.15) is 83.9 Å². The first kappa shape index (κ1) is 24.7. The van der Waals surface area contributed by atoms with Crippen molar-refractivity contribution in [1.29, 1.82) is 0 Å². The quantitative estimate of drug-likeness (QED) is 0.599. The normalized spacial score (nSPS) is 11.0. The number of hydrogen-bond acceptors (Lipinski definition) is 2. The van der Waals surface area contributed by atoms with Crippen LogP contribution in [0.3, 0.4) is 0 Å². The predicted molar refractivity (Wildman–Crippen MR) is 127 cm³/mol. The topological polar surface area (TPSA) is 46.3 Å². The minimum absolute atomic E-state index is 0.255. The number of carbonyl (C=O) groups excluding carboxylic acids is 1. The first-order valence-electron chi connectivity index (χ1n) is 10.8. The number of amides is 1. The standard InChI is InChI=1S/C14H21NO.C12H19N/c1-9(2)11-6-5-7-12(10(3)4)13(11)8-14(15)16;1-10(2)13(11(3)4)12-8-6-5-7-9-12/h5-7,9-10H,8H2,1-4H3,(H2,15,16);5-11H,1-4H3. The van der Waals surface area contributed by atoms with E-state index in [0.29, 0.717) is 30.3 Å². The second-order valence-electron chi connectivity index (χ2n) is 8.80. The maximum absolute atomic E-state index is 11.1. The molecule has 0 fully saturated rings. The maximum atomic E-state index is 11.1. The molecule has 0 aliphatic rings. The first-order valence-corrected chi connectivity index (χ1v) is 10.8. The molecule has 0 heterocycles. The molecule has 0 aliphatic carbocycles. The Morgan fingerprint density at radius 1 is 0.759 bits per heavy atom. The molecule has 160 valence electrons. The molecule has 2 aromatic rings. The van der Waals surface area contributed by atoms with Gasteiger partial charge in [-0.3, -0.25) is 4.79 Å². The Balaban J connectivity index is 0.000000296. The molecule has 0 unspecified atom stereocenters. The molecule has 2 rings (SSSR count). The summed E-state index contributed by atoms with van der Waals surface area (Å²) in [5.74, 6) is 0.594. The Labute approximate surface area is 178 Å². The second kappa shape index (κ2) is 11.6. The van der Waals surface area contributed by atoms with Crippen molar-refractivity contribution >= 4 is 11.6 Å². The Bertz CT molecular complexity index is 714. The van der Waals surface area contributed by atoms with E-state index in [1.807, 2.05) is 0 Å². The van der Waals surface area contributed by atoms with E-state index >= 15 is 0 Å². The van der Waals surface area contributed by atoms with Gasteiger partial charge in [-0.05, 0) is 68.4 Å². The molecular weight excluding hydrogens is 356 g/mol. The van der Waals surface area contributed by atoms with Crippen LogP contribution in [0, 0.1) is 0 Å². The number of hydrogen-bond donors (Lipinski definition) is 1. The van der Waals surface area contributed by atoms with E-state index in [9.17, 15) is 4.79 Å². The van der Waals surface area contributed by atoms with Gasteiger partial charge in [0.1, 0.15) is 0 Å². The van der Waals surface area contributed by atoms with Crippen molar-refractivity contribution in [2.24, 2.45) is 5.73 Å². The van der Waals surface area contributed by atoms with Crippen LogP contribution >= 0.6 is 0 Å². The molecule has 0 radical (unpaired) electrons. The lowest BCUT2D eigenvalue weighted by Gasteiger charge is -2.33. The summed E-state index contributed by atoms with van der Waals surface area (Å²) in [6.45, 7) is 17.5. The van der Waals surface area contributed by atoms with Gasteiger partial charge >= 0.3 is 0 Å². The average molecular weight is 397 g/mol. The highest BCUT2D eigenvalue weighted by molar-refractivity contribution is 5.77. The van der Waals surface area contributed by atoms with E-state index in [-0.39, 0.29) is 5.91 Å². The zero-order valence-corrected chi connectivity index (χ0v) is 19.6. The lowest BCUT2D eigenvalue weighted by molar-refractivity contribution is -0.117. The molecular formula is C26H40N2O. The van der Waals surface area contributed by atoms with Crippen LogP contribution in [0.4, 0.5) is 5.69 Å². The van der Waals surface area contributed by atoms with E-state index < -0.39 is 0 Å². The SMILES string of the molecule is CC(C)N(c1ccccc1)C(C)C.CC(C)c1cccc(C(C)C)c1CC(N)=O. The monoisotopic (exact) mass is 396 g/mol. The maximum Gasteiger partial charge on any atom is 0.221 e. The van der Waals surface area contributed by atoms with Gasteiger partial charge in [0, 0.05) is 17.8 Å². The fourth-order valence-electron chi connectivity index (χ4n) is 3.88. The number of nitrogens with two attached hydrogens (primary N) is 1. The number of carbonyl (C=O) groups is 1. The molecule has 0 bridgehead atoms. The number of nitrogens with zero attached hydrogens (tertiary/aromatic N) is 1. The van der Waals surface area contributed by atoms with Gasteiger partial charge in [0.2, 0.25) is 5.91 Å². The lowest BCUT2D eigenvalue weighted by atomic mass is 9.87. The van der Waals surface area contributed by atoms with Crippen LogP contribution in [0.5, 0.6) is 0 Å². The van der Waals surface area contributed by atoms with Gasteiger partial charge in [0.05, 0.1) is 6.42 Å². The smallest absolute Gasteiger partial charge is 0.221 e. The zero-order chi connectivity index (χ0) is 22.1. The van der Waals surface area contributed by atoms with Crippen molar-refractivity contribution in [3.63, 3.8) is 0 Å². The highest BCUT2D eigenvalue weighted by atomic mass is 16.1. The Kier molecular flexibility index (Phi) is 9.94. The summed E-state index contributed by atoms with van der Waals surface area (Å²) >= 11 is 0. The molecule has 2 N–H and O–H groups in total. The van der Waals surface area contributed by atoms with Crippen LogP contribution in [-0.4, -0.2) is 18.0 Å². The third kappa shape index (κ3) is 7.56. The zero-order valence-electron chi connectivity index (χ0n) is 19.6. The van der Waals surface area contributed by atoms with E-state index in [2.05, 4.69) is 109 Å². The summed E-state index contributed by atoms with van der Waals surface area (Å²) in [6.07, 6.45) is 0.349. The van der Waals surface area contributed by atoms with Crippen molar-refractivity contribution in [2.45, 2.75) is 85.7 Å². The molecule has 29 heavy (non-hydrogen) atoms. The Morgan fingerprint density at radius 3 is 1.55 bits per heavy atom. The largest absolute Gasteiger partial charge is 0.369 e. The third-order valence-electron chi connectivity index (χ3n) is 5.01. The van der Waals surface area contributed by atoms with Crippen LogP contribution in [0.15, 0.2) is 48.5 Å². The van der Waals surface area contributed by atoms with E-state index in [1.54, 1.807) is 0 Å². The predicted octanol–water partition coefficient (Wildman–Crippen LogP) is 6.27. The Hall–Kier alpha value is -2.29. The molecule has 0 aliphatic heterocycles. The number of anilines is 1. The van der Waals surface area contributed by atoms with Crippen LogP contribution in [0.25, 0.3) is 0 Å². The summed E-state index contributed by atoms with van der Waals surface area (Å²) < 4.78 is 0. The molecule has 1 amide bonds. The van der Waals surface area contributed by atoms with E-state index in [1.165, 1.54) is 16.8 Å². The Morgan fingerprint density at radius 2 is 1.21 bits per heavy atom. The van der Waals surface area contributed by atoms with Gasteiger partial charge in [0.25, 0.3) is 0 Å². The van der Waals surface area contributed by atoms with Gasteiger partial charge in [-0.1, -0.05) is 64.1 Å². The molecule has 0 atom stereocenters. The van der Waals surface area contributed by atoms with Crippen molar-refractivity contribution in [3.8, 4) is 0 Å². The van der Waals surface area contributed by atoms with Gasteiger partial charge in [-0.25, -0.2) is 0 Å². The highest BCUT2D eigenvalue weighted by Crippen LogP contribution is 2.27. The number of para-hydroxylation sites is 1. The number of primary amides is 1. The van der Waals surface area contributed by atoms with Crippen molar-refractivity contribution in [2.75, 3.05) is 4.90 Å². The minimum Gasteiger partial charge on any atom is -0.369 e. The fourth-order valence-corrected chi connectivity index (χ4v) is 3.88. The highest BCUT2D eigenvalue weighted by Gasteiger charge is 2.15. The average Bonchev–Trinajstić information content (AvgIpc) is 2.61. The van der Waals surface area contributed by atoms with Crippen molar-refractivity contribution in [1.82, 2.24) is 0 Å². The summed E-state index contributed by atoms with van der Waals surface area (Å²) in [7, 11) is 0. The molecule has 3 heteroatoms. The third-order valence-corrected chi connectivity index (χ3v) is 5.01. The van der Waals surface area contributed by atoms with Crippen molar-refractivity contribution < 1.29 is 4.79 Å². The fraction of sp³-hybridized carbons (Fsp3) is 0.500. The first-order chi connectivity index (χ1) is 13.6. The molecule has 0 saturated carbocycles. The van der Waals surface area contributed by atoms with E-state index in [0.717, 1.165) is 5.56 Å². The van der Waals surface area contributed by atoms with Crippen molar-refractivity contribution in [3.05, 3.63) is 65.2 Å². The summed E-state index contributed by atoms with van der Waals surface area (Å²) in [4.78, 5) is 13.6. The molecule has 0 spiro atoms. The summed E-state index contributed by atoms with van der Waals surface area (Å²) in [6, 6.07) is 17.9. The molecule has 2 aromatic carbocycles. The summed E-state index contributed by atoms with van der Waals surface area (Å²) in [5.41, 5.74) is 10.2. The van der Waals surface area contributed by atoms with Gasteiger partial charge < -0.3 is 10.6 Å². The molecule has 0 aromatic heterocycles. The second-order valence-corrected chi connectivity index (χ2v) is 8.80. The van der Waals surface area contributed by atoms with Crippen LogP contribution in [0.2, 0.25) is 0 Å². The van der Waals surface area contributed by atoms with Gasteiger partial charge in [0.15, 0.2) is 0 Å².